The molecule has 1 fully saturated rings. The summed E-state index contributed by atoms with van der Waals surface area (Å²) in [7, 11) is 0. The van der Waals surface area contributed by atoms with Crippen LogP contribution in [0.15, 0.2) is 65.9 Å². The zero-order valence-electron chi connectivity index (χ0n) is 34.1. The van der Waals surface area contributed by atoms with Crippen molar-refractivity contribution >= 4 is 64.0 Å². The molecule has 60 heavy (non-hydrogen) atoms. The Morgan fingerprint density at radius 1 is 0.883 bits per heavy atom. The van der Waals surface area contributed by atoms with E-state index in [2.05, 4.69) is 36.3 Å². The lowest BCUT2D eigenvalue weighted by Crippen LogP contribution is -2.59. The number of rotatable bonds is 22. The summed E-state index contributed by atoms with van der Waals surface area (Å²) in [5.74, 6) is -4.14. The van der Waals surface area contributed by atoms with Crippen molar-refractivity contribution in [2.45, 2.75) is 101 Å². The van der Waals surface area contributed by atoms with Crippen LogP contribution in [0.3, 0.4) is 0 Å². The van der Waals surface area contributed by atoms with Gasteiger partial charge in [-0.3, -0.25) is 33.6 Å². The second kappa shape index (κ2) is 23.0. The minimum absolute atomic E-state index is 0.0248. The van der Waals surface area contributed by atoms with E-state index in [4.69, 9.17) is 17.0 Å². The van der Waals surface area contributed by atoms with Crippen molar-refractivity contribution in [1.82, 2.24) is 31.2 Å². The summed E-state index contributed by atoms with van der Waals surface area (Å²) in [6.45, 7) is 3.93. The van der Waals surface area contributed by atoms with Gasteiger partial charge in [0.15, 0.2) is 0 Å². The van der Waals surface area contributed by atoms with E-state index in [0.29, 0.717) is 12.2 Å². The van der Waals surface area contributed by atoms with Gasteiger partial charge in [0.05, 0.1) is 12.1 Å². The number of aromatic amines is 1. The number of nitrogens with two attached hydrogens (primary N) is 2. The van der Waals surface area contributed by atoms with Crippen LogP contribution in [0.1, 0.15) is 63.5 Å². The molecule has 0 radical (unpaired) electrons. The van der Waals surface area contributed by atoms with Gasteiger partial charge in [-0.15, -0.1) is 0 Å². The molecule has 0 saturated carbocycles. The predicted molar refractivity (Wildman–Crippen MR) is 228 cm³/mol. The van der Waals surface area contributed by atoms with Crippen molar-refractivity contribution in [2.24, 2.45) is 22.5 Å². The van der Waals surface area contributed by atoms with Crippen LogP contribution in [0.4, 0.5) is 0 Å². The van der Waals surface area contributed by atoms with Gasteiger partial charge in [0, 0.05) is 47.8 Å². The summed E-state index contributed by atoms with van der Waals surface area (Å²) in [5.41, 5.74) is 22.4. The first-order valence-electron chi connectivity index (χ1n) is 19.9. The highest BCUT2D eigenvalue weighted by atomic mass is 32.2. The Kier molecular flexibility index (Phi) is 18.0. The normalized spacial score (nSPS) is 16.1. The zero-order valence-corrected chi connectivity index (χ0v) is 34.9. The maximum absolute atomic E-state index is 14.6. The molecule has 0 aliphatic carbocycles. The summed E-state index contributed by atoms with van der Waals surface area (Å²) < 4.78 is 0. The van der Waals surface area contributed by atoms with Crippen molar-refractivity contribution in [3.63, 3.8) is 0 Å². The van der Waals surface area contributed by atoms with Crippen LogP contribution in [0.5, 0.6) is 0 Å². The van der Waals surface area contributed by atoms with E-state index in [-0.39, 0.29) is 57.4 Å². The first kappa shape index (κ1) is 46.8. The van der Waals surface area contributed by atoms with E-state index >= 15 is 0 Å². The Labute approximate surface area is 352 Å². The highest BCUT2D eigenvalue weighted by Gasteiger charge is 2.40. The minimum Gasteiger partial charge on any atom is -0.370 e. The lowest BCUT2D eigenvalue weighted by Gasteiger charge is -2.31. The molecule has 0 unspecified atom stereocenters. The van der Waals surface area contributed by atoms with Gasteiger partial charge >= 0.3 is 0 Å². The number of primary amides is 1. The van der Waals surface area contributed by atoms with Crippen LogP contribution in [0.2, 0.25) is 0 Å². The molecule has 1 saturated heterocycles. The van der Waals surface area contributed by atoms with Gasteiger partial charge in [0.1, 0.15) is 24.2 Å². The number of azide groups is 1. The molecule has 0 spiro atoms. The molecular formula is C41H55N11O7S. The van der Waals surface area contributed by atoms with E-state index in [1.165, 1.54) is 16.7 Å². The van der Waals surface area contributed by atoms with Gasteiger partial charge < -0.3 is 42.6 Å². The standard InChI is InChI=1S/C41H55N11O7S/c1-24(2)20-31(37(55)46-30(17-19-60-3)39(57)50-51-44)48-40(58)34-14-9-18-52(34)41(59)33(21-25-10-5-4-6-11-25)49-38(56)32(47-36(54)28(42)15-16-35(43)53)22-26-23-45-29-13-8-7-12-27(26)29/h4-8,10-13,23-24,28,30-34,45H,9,14-22,42H2,1-3H3,(H2,43,53)(H,46,55)(H,47,54)(H,48,58)(H,49,56)/t28-,30-,31-,32-,33-,34-/m0/s1. The Balaban J connectivity index is 1.59. The minimum atomic E-state index is -1.21. The predicted octanol–water partition coefficient (Wildman–Crippen LogP) is 2.11. The Hall–Kier alpha value is -5.91. The smallest absolute Gasteiger partial charge is 0.246 e. The number of hydrogen-bond donors (Lipinski definition) is 7. The molecule has 1 aliphatic rings. The van der Waals surface area contributed by atoms with Crippen LogP contribution in [-0.4, -0.2) is 106 Å². The summed E-state index contributed by atoms with van der Waals surface area (Å²) in [6.07, 6.45) is 4.65. The Bertz CT molecular complexity index is 2040. The third-order valence-corrected chi connectivity index (χ3v) is 10.9. The molecule has 1 aromatic heterocycles. The SMILES string of the molecule is CSCC[C@H](NC(=O)[C@H](CC(C)C)NC(=O)[C@@H]1CCCN1C(=O)[C@H](Cc1ccccc1)NC(=O)[C@H](Cc1c[nH]c2ccccc12)NC(=O)[C@@H](N)CCC(N)=O)C(=O)N=[N+]=[N-]. The zero-order chi connectivity index (χ0) is 43.8. The maximum atomic E-state index is 14.6. The van der Waals surface area contributed by atoms with Gasteiger partial charge in [-0.25, -0.2) is 0 Å². The summed E-state index contributed by atoms with van der Waals surface area (Å²) in [6, 6.07) is 9.78. The molecule has 4 rings (SSSR count). The number of likely N-dealkylation sites (tertiary alicyclic amines) is 1. The van der Waals surface area contributed by atoms with Crippen molar-refractivity contribution in [2.75, 3.05) is 18.6 Å². The van der Waals surface area contributed by atoms with E-state index in [9.17, 15) is 33.6 Å². The fraction of sp³-hybridized carbons (Fsp3) is 0.488. The van der Waals surface area contributed by atoms with Crippen LogP contribution in [0.25, 0.3) is 21.3 Å². The largest absolute Gasteiger partial charge is 0.370 e. The summed E-state index contributed by atoms with van der Waals surface area (Å²) in [4.78, 5) is 101. The number of aromatic nitrogens is 1. The lowest BCUT2D eigenvalue weighted by molar-refractivity contribution is -0.142. The molecule has 6 atom stereocenters. The summed E-state index contributed by atoms with van der Waals surface area (Å²) in [5, 5.41) is 15.0. The second-order valence-corrected chi connectivity index (χ2v) is 16.2. The molecule has 1 aliphatic heterocycles. The number of carbonyl (C=O) groups is 7. The van der Waals surface area contributed by atoms with Crippen LogP contribution < -0.4 is 32.7 Å². The van der Waals surface area contributed by atoms with E-state index in [0.717, 1.165) is 22.0 Å². The van der Waals surface area contributed by atoms with Crippen molar-refractivity contribution < 1.29 is 33.6 Å². The van der Waals surface area contributed by atoms with Crippen molar-refractivity contribution in [3.05, 3.63) is 82.4 Å². The van der Waals surface area contributed by atoms with Crippen LogP contribution in [-0.2, 0) is 46.4 Å². The lowest BCUT2D eigenvalue weighted by atomic mass is 10.0. The number of H-pyrrole nitrogens is 1. The first-order chi connectivity index (χ1) is 28.7. The average molecular weight is 846 g/mol. The summed E-state index contributed by atoms with van der Waals surface area (Å²) >= 11 is 1.45. The molecule has 0 bridgehead atoms. The number of para-hydroxylation sites is 1. The molecule has 9 N–H and O–H groups in total. The first-order valence-corrected chi connectivity index (χ1v) is 21.3. The molecule has 322 valence electrons. The quantitative estimate of drug-likeness (QED) is 0.0442. The van der Waals surface area contributed by atoms with E-state index in [1.807, 2.05) is 50.4 Å². The second-order valence-electron chi connectivity index (χ2n) is 15.2. The third kappa shape index (κ3) is 13.6. The number of thioether (sulfide) groups is 1. The van der Waals surface area contributed by atoms with Gasteiger partial charge in [0.25, 0.3) is 0 Å². The van der Waals surface area contributed by atoms with E-state index in [1.54, 1.807) is 30.5 Å². The molecule has 3 aromatic rings. The number of amides is 7. The number of nitrogens with one attached hydrogen (secondary N) is 5. The Morgan fingerprint density at radius 3 is 2.23 bits per heavy atom. The van der Waals surface area contributed by atoms with Gasteiger partial charge in [-0.2, -0.15) is 11.8 Å². The molecule has 19 heteroatoms. The van der Waals surface area contributed by atoms with E-state index < -0.39 is 77.6 Å². The third-order valence-electron chi connectivity index (χ3n) is 10.2. The average Bonchev–Trinajstić information content (AvgIpc) is 3.88. The molecule has 2 aromatic carbocycles. The fourth-order valence-corrected chi connectivity index (χ4v) is 7.58. The number of fused-ring (bicyclic) bond motifs is 1. The molecule has 2 heterocycles. The van der Waals surface area contributed by atoms with Crippen LogP contribution >= 0.6 is 11.8 Å². The maximum Gasteiger partial charge on any atom is 0.246 e. The molecular weight excluding hydrogens is 791 g/mol. The highest BCUT2D eigenvalue weighted by Crippen LogP contribution is 2.22. The Morgan fingerprint density at radius 2 is 1.55 bits per heavy atom. The highest BCUT2D eigenvalue weighted by molar-refractivity contribution is 7.98. The van der Waals surface area contributed by atoms with Gasteiger partial charge in [-0.05, 0) is 77.9 Å². The van der Waals surface area contributed by atoms with Crippen LogP contribution in [0, 0.1) is 5.92 Å². The molecule has 7 amide bonds. The number of benzene rings is 2. The van der Waals surface area contributed by atoms with Crippen molar-refractivity contribution in [1.29, 1.82) is 0 Å². The van der Waals surface area contributed by atoms with Crippen molar-refractivity contribution in [3.8, 4) is 0 Å². The topological polar surface area (TPSA) is 287 Å². The van der Waals surface area contributed by atoms with Gasteiger partial charge in [0.2, 0.25) is 41.4 Å². The number of carbonyl (C=O) groups excluding carboxylic acids is 7. The monoisotopic (exact) mass is 845 g/mol. The van der Waals surface area contributed by atoms with Gasteiger partial charge in [-0.1, -0.05) is 62.4 Å². The number of nitrogens with zero attached hydrogens (tertiary/aromatic N) is 4. The fourth-order valence-electron chi connectivity index (χ4n) is 7.11. The number of hydrogen-bond acceptors (Lipinski definition) is 9. The molecule has 18 nitrogen and oxygen atoms in total.